The van der Waals surface area contributed by atoms with Crippen LogP contribution in [0, 0.1) is 11.3 Å². The molecule has 1 amide bonds. The van der Waals surface area contributed by atoms with Crippen LogP contribution in [0.3, 0.4) is 0 Å². The van der Waals surface area contributed by atoms with Crippen molar-refractivity contribution in [2.45, 2.75) is 25.7 Å². The number of nitrogens with one attached hydrogen (secondary N) is 2. The number of piperidine rings is 1. The second-order valence-corrected chi connectivity index (χ2v) is 6.89. The summed E-state index contributed by atoms with van der Waals surface area (Å²) in [5, 5.41) is 6.49. The van der Waals surface area contributed by atoms with E-state index in [2.05, 4.69) is 10.6 Å². The SMILES string of the molecule is O=C(NCCc1ccc2c(c1)OCCO2)C1CC12CCNCC2. The van der Waals surface area contributed by atoms with E-state index < -0.39 is 0 Å². The van der Waals surface area contributed by atoms with Gasteiger partial charge in [0, 0.05) is 12.5 Å². The van der Waals surface area contributed by atoms with Crippen molar-refractivity contribution in [3.63, 3.8) is 0 Å². The van der Waals surface area contributed by atoms with Crippen molar-refractivity contribution in [3.8, 4) is 11.5 Å². The minimum atomic E-state index is 0.240. The smallest absolute Gasteiger partial charge is 0.223 e. The Labute approximate surface area is 136 Å². The molecule has 1 unspecified atom stereocenters. The zero-order valence-corrected chi connectivity index (χ0v) is 13.4. The highest BCUT2D eigenvalue weighted by atomic mass is 16.6. The molecule has 2 fully saturated rings. The number of benzene rings is 1. The molecule has 4 rings (SSSR count). The molecule has 2 N–H and O–H groups in total. The van der Waals surface area contributed by atoms with Crippen LogP contribution in [0.15, 0.2) is 18.2 Å². The van der Waals surface area contributed by atoms with Crippen LogP contribution < -0.4 is 20.1 Å². The number of amides is 1. The third-order valence-electron chi connectivity index (χ3n) is 5.43. The number of carbonyl (C=O) groups is 1. The summed E-state index contributed by atoms with van der Waals surface area (Å²) < 4.78 is 11.1. The fourth-order valence-electron chi connectivity index (χ4n) is 3.89. The Morgan fingerprint density at radius 2 is 2.00 bits per heavy atom. The largest absolute Gasteiger partial charge is 0.486 e. The van der Waals surface area contributed by atoms with Gasteiger partial charge in [-0.15, -0.1) is 0 Å². The first kappa shape index (κ1) is 14.8. The van der Waals surface area contributed by atoms with E-state index in [1.807, 2.05) is 18.2 Å². The second-order valence-electron chi connectivity index (χ2n) is 6.89. The second kappa shape index (κ2) is 6.04. The van der Waals surface area contributed by atoms with Gasteiger partial charge in [-0.3, -0.25) is 4.79 Å². The molecule has 5 nitrogen and oxygen atoms in total. The highest BCUT2D eigenvalue weighted by Crippen LogP contribution is 2.58. The topological polar surface area (TPSA) is 59.6 Å². The maximum atomic E-state index is 12.3. The minimum absolute atomic E-state index is 0.240. The maximum absolute atomic E-state index is 12.3. The van der Waals surface area contributed by atoms with Gasteiger partial charge in [-0.1, -0.05) is 6.07 Å². The number of fused-ring (bicyclic) bond motifs is 1. The molecule has 1 saturated heterocycles. The van der Waals surface area contributed by atoms with Crippen LogP contribution in [0.25, 0.3) is 0 Å². The predicted octanol–water partition coefficient (Wildman–Crippen LogP) is 1.51. The summed E-state index contributed by atoms with van der Waals surface area (Å²) >= 11 is 0. The van der Waals surface area contributed by atoms with E-state index in [0.717, 1.165) is 50.3 Å². The van der Waals surface area contributed by atoms with E-state index in [-0.39, 0.29) is 11.8 Å². The summed E-state index contributed by atoms with van der Waals surface area (Å²) in [6, 6.07) is 6.02. The number of rotatable bonds is 4. The Morgan fingerprint density at radius 1 is 1.22 bits per heavy atom. The average Bonchev–Trinajstić information content (AvgIpc) is 3.28. The van der Waals surface area contributed by atoms with Crippen LogP contribution in [0.4, 0.5) is 0 Å². The summed E-state index contributed by atoms with van der Waals surface area (Å²) in [4.78, 5) is 12.3. The fourth-order valence-corrected chi connectivity index (χ4v) is 3.89. The first-order valence-electron chi connectivity index (χ1n) is 8.64. The van der Waals surface area contributed by atoms with Crippen LogP contribution in [-0.4, -0.2) is 38.8 Å². The molecule has 1 saturated carbocycles. The van der Waals surface area contributed by atoms with Gasteiger partial charge in [0.15, 0.2) is 11.5 Å². The van der Waals surface area contributed by atoms with Gasteiger partial charge in [-0.05, 0) is 61.9 Å². The molecule has 3 aliphatic rings. The summed E-state index contributed by atoms with van der Waals surface area (Å²) in [5.41, 5.74) is 1.48. The Balaban J connectivity index is 1.26. The van der Waals surface area contributed by atoms with Crippen molar-refractivity contribution in [2.24, 2.45) is 11.3 Å². The quantitative estimate of drug-likeness (QED) is 0.884. The Hall–Kier alpha value is -1.75. The van der Waals surface area contributed by atoms with Crippen molar-refractivity contribution >= 4 is 5.91 Å². The molecular weight excluding hydrogens is 292 g/mol. The molecule has 2 aliphatic heterocycles. The van der Waals surface area contributed by atoms with E-state index in [4.69, 9.17) is 9.47 Å². The lowest BCUT2D eigenvalue weighted by molar-refractivity contribution is -0.123. The molecule has 2 heterocycles. The van der Waals surface area contributed by atoms with Gasteiger partial charge in [0.2, 0.25) is 5.91 Å². The molecular formula is C18H24N2O3. The van der Waals surface area contributed by atoms with Gasteiger partial charge in [-0.25, -0.2) is 0 Å². The Kier molecular flexibility index (Phi) is 3.89. The number of carbonyl (C=O) groups excluding carboxylic acids is 1. The lowest BCUT2D eigenvalue weighted by Crippen LogP contribution is -2.34. The van der Waals surface area contributed by atoms with Crippen molar-refractivity contribution in [2.75, 3.05) is 32.8 Å². The van der Waals surface area contributed by atoms with E-state index in [1.165, 1.54) is 5.56 Å². The number of hydrogen-bond donors (Lipinski definition) is 2. The standard InChI is InChI=1S/C18H24N2O3/c21-17(14-12-18(14)4-7-19-8-5-18)20-6-3-13-1-2-15-16(11-13)23-10-9-22-15/h1-2,11,14,19H,3-10,12H2,(H,20,21). The molecule has 0 aromatic heterocycles. The normalized spacial score (nSPS) is 24.3. The van der Waals surface area contributed by atoms with E-state index in [0.29, 0.717) is 25.2 Å². The Bertz CT molecular complexity index is 596. The summed E-state index contributed by atoms with van der Waals surface area (Å²) in [6.45, 7) is 4.01. The monoisotopic (exact) mass is 316 g/mol. The third-order valence-corrected chi connectivity index (χ3v) is 5.43. The predicted molar refractivity (Wildman–Crippen MR) is 86.8 cm³/mol. The van der Waals surface area contributed by atoms with Crippen LogP contribution in [0.1, 0.15) is 24.8 Å². The van der Waals surface area contributed by atoms with Crippen molar-refractivity contribution in [1.82, 2.24) is 10.6 Å². The van der Waals surface area contributed by atoms with Gasteiger partial charge < -0.3 is 20.1 Å². The fraction of sp³-hybridized carbons (Fsp3) is 0.611. The molecule has 0 radical (unpaired) electrons. The molecule has 1 aliphatic carbocycles. The minimum Gasteiger partial charge on any atom is -0.486 e. The molecule has 124 valence electrons. The summed E-state index contributed by atoms with van der Waals surface area (Å²) in [7, 11) is 0. The highest BCUT2D eigenvalue weighted by molar-refractivity contribution is 5.82. The molecule has 1 atom stereocenters. The van der Waals surface area contributed by atoms with E-state index >= 15 is 0 Å². The van der Waals surface area contributed by atoms with E-state index in [9.17, 15) is 4.79 Å². The van der Waals surface area contributed by atoms with Crippen molar-refractivity contribution in [1.29, 1.82) is 0 Å². The third kappa shape index (κ3) is 3.02. The summed E-state index contributed by atoms with van der Waals surface area (Å²) in [6.07, 6.45) is 4.19. The van der Waals surface area contributed by atoms with Gasteiger partial charge in [0.1, 0.15) is 13.2 Å². The van der Waals surface area contributed by atoms with Crippen molar-refractivity contribution < 1.29 is 14.3 Å². The van der Waals surface area contributed by atoms with Crippen LogP contribution in [0.2, 0.25) is 0 Å². The van der Waals surface area contributed by atoms with Gasteiger partial charge in [-0.2, -0.15) is 0 Å². The zero-order chi connectivity index (χ0) is 15.7. The molecule has 1 aromatic carbocycles. The maximum Gasteiger partial charge on any atom is 0.223 e. The molecule has 0 bridgehead atoms. The number of ether oxygens (including phenoxy) is 2. The first-order chi connectivity index (χ1) is 11.3. The van der Waals surface area contributed by atoms with E-state index in [1.54, 1.807) is 0 Å². The Morgan fingerprint density at radius 3 is 2.83 bits per heavy atom. The summed E-state index contributed by atoms with van der Waals surface area (Å²) in [5.74, 6) is 2.11. The molecule has 5 heteroatoms. The zero-order valence-electron chi connectivity index (χ0n) is 13.4. The van der Waals surface area contributed by atoms with Crippen LogP contribution in [0.5, 0.6) is 11.5 Å². The van der Waals surface area contributed by atoms with Gasteiger partial charge in [0.05, 0.1) is 0 Å². The average molecular weight is 316 g/mol. The lowest BCUT2D eigenvalue weighted by Gasteiger charge is -2.23. The van der Waals surface area contributed by atoms with Crippen molar-refractivity contribution in [3.05, 3.63) is 23.8 Å². The first-order valence-corrected chi connectivity index (χ1v) is 8.64. The van der Waals surface area contributed by atoms with Crippen LogP contribution in [-0.2, 0) is 11.2 Å². The highest BCUT2D eigenvalue weighted by Gasteiger charge is 2.57. The molecule has 1 aromatic rings. The van der Waals surface area contributed by atoms with Gasteiger partial charge in [0.25, 0.3) is 0 Å². The number of hydrogen-bond acceptors (Lipinski definition) is 4. The van der Waals surface area contributed by atoms with Crippen LogP contribution >= 0.6 is 0 Å². The molecule has 1 spiro atoms. The van der Waals surface area contributed by atoms with Gasteiger partial charge >= 0.3 is 0 Å². The lowest BCUT2D eigenvalue weighted by atomic mass is 9.92. The molecule has 23 heavy (non-hydrogen) atoms.